The van der Waals surface area contributed by atoms with Gasteiger partial charge in [-0.3, -0.25) is 4.90 Å². The first-order valence-corrected chi connectivity index (χ1v) is 8.10. The fourth-order valence-electron chi connectivity index (χ4n) is 2.94. The van der Waals surface area contributed by atoms with Crippen LogP contribution >= 0.6 is 27.5 Å². The minimum Gasteiger partial charge on any atom is -0.329 e. The van der Waals surface area contributed by atoms with Crippen molar-refractivity contribution in [1.29, 1.82) is 0 Å². The van der Waals surface area contributed by atoms with Crippen LogP contribution < -0.4 is 5.73 Å². The second kappa shape index (κ2) is 6.57. The van der Waals surface area contributed by atoms with Gasteiger partial charge in [0, 0.05) is 29.6 Å². The molecule has 0 saturated carbocycles. The smallest absolute Gasteiger partial charge is 0.0548 e. The Morgan fingerprint density at radius 3 is 2.79 bits per heavy atom. The number of rotatable bonds is 3. The molecule has 0 aromatic heterocycles. The van der Waals surface area contributed by atoms with Crippen molar-refractivity contribution in [2.45, 2.75) is 38.8 Å². The number of nitrogens with two attached hydrogens (primary N) is 1. The van der Waals surface area contributed by atoms with Crippen LogP contribution in [0.15, 0.2) is 22.7 Å². The van der Waals surface area contributed by atoms with Crippen LogP contribution in [0.25, 0.3) is 0 Å². The lowest BCUT2D eigenvalue weighted by atomic mass is 9.91. The Morgan fingerprint density at radius 1 is 1.42 bits per heavy atom. The van der Waals surface area contributed by atoms with Crippen molar-refractivity contribution in [2.75, 3.05) is 13.1 Å². The largest absolute Gasteiger partial charge is 0.329 e. The molecule has 0 spiro atoms. The van der Waals surface area contributed by atoms with Gasteiger partial charge < -0.3 is 5.73 Å². The maximum absolute atomic E-state index is 6.07. The van der Waals surface area contributed by atoms with Crippen LogP contribution in [-0.2, 0) is 0 Å². The monoisotopic (exact) mass is 344 g/mol. The molecule has 0 amide bonds. The zero-order chi connectivity index (χ0) is 14.0. The first-order chi connectivity index (χ1) is 9.02. The van der Waals surface area contributed by atoms with E-state index in [4.69, 9.17) is 17.3 Å². The third kappa shape index (κ3) is 3.52. The van der Waals surface area contributed by atoms with Crippen molar-refractivity contribution in [3.05, 3.63) is 33.3 Å². The molecular weight excluding hydrogens is 324 g/mol. The van der Waals surface area contributed by atoms with Crippen LogP contribution in [0.2, 0.25) is 5.02 Å². The van der Waals surface area contributed by atoms with Crippen molar-refractivity contribution < 1.29 is 0 Å². The third-order valence-electron chi connectivity index (χ3n) is 4.12. The highest BCUT2D eigenvalue weighted by Gasteiger charge is 2.29. The number of halogens is 2. The summed E-state index contributed by atoms with van der Waals surface area (Å²) in [6.07, 6.45) is 2.58. The van der Waals surface area contributed by atoms with Gasteiger partial charge in [0.05, 0.1) is 5.02 Å². The van der Waals surface area contributed by atoms with Crippen LogP contribution in [0.5, 0.6) is 0 Å². The van der Waals surface area contributed by atoms with Crippen LogP contribution in [0.3, 0.4) is 0 Å². The van der Waals surface area contributed by atoms with E-state index < -0.39 is 0 Å². The van der Waals surface area contributed by atoms with Crippen LogP contribution in [0.4, 0.5) is 0 Å². The predicted octanol–water partition coefficient (Wildman–Crippen LogP) is 4.22. The summed E-state index contributed by atoms with van der Waals surface area (Å²) in [6, 6.07) is 7.02. The standard InChI is InChI=1S/C15H22BrClN2/c1-10-3-4-11(2)19(9-10)15(8-18)12-5-6-14(17)13(16)7-12/h5-7,10-11,15H,3-4,8-9,18H2,1-2H3. The number of likely N-dealkylation sites (tertiary alicyclic amines) is 1. The lowest BCUT2D eigenvalue weighted by Crippen LogP contribution is -2.45. The van der Waals surface area contributed by atoms with Gasteiger partial charge in [0.1, 0.15) is 0 Å². The van der Waals surface area contributed by atoms with E-state index in [0.717, 1.165) is 22.0 Å². The summed E-state index contributed by atoms with van der Waals surface area (Å²) >= 11 is 9.58. The van der Waals surface area contributed by atoms with Crippen molar-refractivity contribution in [3.63, 3.8) is 0 Å². The van der Waals surface area contributed by atoms with Gasteiger partial charge in [0.25, 0.3) is 0 Å². The summed E-state index contributed by atoms with van der Waals surface area (Å²) in [5, 5.41) is 0.750. The Bertz CT molecular complexity index is 438. The molecule has 106 valence electrons. The van der Waals surface area contributed by atoms with Gasteiger partial charge in [-0.15, -0.1) is 0 Å². The number of hydrogen-bond acceptors (Lipinski definition) is 2. The first kappa shape index (κ1) is 15.3. The van der Waals surface area contributed by atoms with E-state index in [1.165, 1.54) is 18.4 Å². The summed E-state index contributed by atoms with van der Waals surface area (Å²) in [5.74, 6) is 0.751. The van der Waals surface area contributed by atoms with Crippen LogP contribution in [0.1, 0.15) is 38.3 Å². The minimum absolute atomic E-state index is 0.284. The molecule has 1 heterocycles. The normalized spacial score (nSPS) is 26.4. The molecule has 1 aliphatic rings. The molecule has 0 aliphatic carbocycles. The first-order valence-electron chi connectivity index (χ1n) is 6.93. The molecule has 4 heteroatoms. The van der Waals surface area contributed by atoms with Crippen molar-refractivity contribution in [1.82, 2.24) is 4.90 Å². The highest BCUT2D eigenvalue weighted by atomic mass is 79.9. The van der Waals surface area contributed by atoms with Gasteiger partial charge in [-0.25, -0.2) is 0 Å². The molecular formula is C15H22BrClN2. The van der Waals surface area contributed by atoms with Crippen molar-refractivity contribution >= 4 is 27.5 Å². The number of benzene rings is 1. The lowest BCUT2D eigenvalue weighted by Gasteiger charge is -2.42. The topological polar surface area (TPSA) is 29.3 Å². The zero-order valence-corrected chi connectivity index (χ0v) is 13.9. The number of hydrogen-bond donors (Lipinski definition) is 1. The van der Waals surface area contributed by atoms with E-state index in [1.807, 2.05) is 6.07 Å². The Hall–Kier alpha value is -0.0900. The average molecular weight is 346 g/mol. The maximum Gasteiger partial charge on any atom is 0.0548 e. The Kier molecular flexibility index (Phi) is 5.29. The second-order valence-electron chi connectivity index (χ2n) is 5.65. The van der Waals surface area contributed by atoms with Gasteiger partial charge in [-0.2, -0.15) is 0 Å². The van der Waals surface area contributed by atoms with E-state index in [9.17, 15) is 0 Å². The van der Waals surface area contributed by atoms with Gasteiger partial charge in [-0.1, -0.05) is 24.6 Å². The molecule has 0 radical (unpaired) electrons. The Balaban J connectivity index is 2.25. The Labute approximate surface area is 129 Å². The van der Waals surface area contributed by atoms with Crippen molar-refractivity contribution in [3.8, 4) is 0 Å². The summed E-state index contributed by atoms with van der Waals surface area (Å²) in [6.45, 7) is 6.40. The van der Waals surface area contributed by atoms with Crippen molar-refractivity contribution in [2.24, 2.45) is 11.7 Å². The minimum atomic E-state index is 0.284. The fourth-order valence-corrected chi connectivity index (χ4v) is 3.45. The molecule has 2 nitrogen and oxygen atoms in total. The maximum atomic E-state index is 6.07. The predicted molar refractivity (Wildman–Crippen MR) is 85.5 cm³/mol. The number of nitrogens with zero attached hydrogens (tertiary/aromatic N) is 1. The fraction of sp³-hybridized carbons (Fsp3) is 0.600. The van der Waals surface area contributed by atoms with Gasteiger partial charge in [0.15, 0.2) is 0 Å². The molecule has 2 rings (SSSR count). The van der Waals surface area contributed by atoms with Gasteiger partial charge in [-0.05, 0) is 59.3 Å². The van der Waals surface area contributed by atoms with E-state index in [2.05, 4.69) is 46.8 Å². The van der Waals surface area contributed by atoms with Crippen LogP contribution in [0, 0.1) is 5.92 Å². The molecule has 3 unspecified atom stereocenters. The molecule has 19 heavy (non-hydrogen) atoms. The molecule has 1 aliphatic heterocycles. The molecule has 1 aromatic carbocycles. The van der Waals surface area contributed by atoms with E-state index >= 15 is 0 Å². The highest BCUT2D eigenvalue weighted by molar-refractivity contribution is 9.10. The summed E-state index contributed by atoms with van der Waals surface area (Å²) < 4.78 is 0.947. The van der Waals surface area contributed by atoms with Crippen LogP contribution in [-0.4, -0.2) is 24.0 Å². The molecule has 1 aromatic rings. The van der Waals surface area contributed by atoms with Gasteiger partial charge >= 0.3 is 0 Å². The Morgan fingerprint density at radius 2 is 2.16 bits per heavy atom. The average Bonchev–Trinajstić information content (AvgIpc) is 2.38. The van der Waals surface area contributed by atoms with E-state index in [0.29, 0.717) is 12.6 Å². The third-order valence-corrected chi connectivity index (χ3v) is 5.33. The summed E-state index contributed by atoms with van der Waals surface area (Å²) in [5.41, 5.74) is 7.29. The lowest BCUT2D eigenvalue weighted by molar-refractivity contribution is 0.0798. The SMILES string of the molecule is CC1CCC(C)N(C(CN)c2ccc(Cl)c(Br)c2)C1. The quantitative estimate of drug-likeness (QED) is 0.888. The number of piperidine rings is 1. The van der Waals surface area contributed by atoms with Gasteiger partial charge in [0.2, 0.25) is 0 Å². The zero-order valence-electron chi connectivity index (χ0n) is 11.6. The summed E-state index contributed by atoms with van der Waals surface area (Å²) in [4.78, 5) is 2.55. The molecule has 1 saturated heterocycles. The molecule has 1 fully saturated rings. The highest BCUT2D eigenvalue weighted by Crippen LogP contribution is 2.33. The molecule has 0 bridgehead atoms. The molecule has 2 N–H and O–H groups in total. The second-order valence-corrected chi connectivity index (χ2v) is 6.91. The van der Waals surface area contributed by atoms with E-state index in [1.54, 1.807) is 0 Å². The summed E-state index contributed by atoms with van der Waals surface area (Å²) in [7, 11) is 0. The van der Waals surface area contributed by atoms with E-state index in [-0.39, 0.29) is 6.04 Å². The molecule has 3 atom stereocenters.